The molecule has 0 aromatic carbocycles. The van der Waals surface area contributed by atoms with E-state index in [2.05, 4.69) is 22.3 Å². The SMILES string of the molecule is CCc1nc([C@@H]2CCCN2C(=O)C[C@@H]2C=CCC2)no1. The summed E-state index contributed by atoms with van der Waals surface area (Å²) in [6.45, 7) is 2.80. The van der Waals surface area contributed by atoms with Crippen molar-refractivity contribution in [3.63, 3.8) is 0 Å². The third-order valence-corrected chi connectivity index (χ3v) is 4.21. The Labute approximate surface area is 119 Å². The number of hydrogen-bond donors (Lipinski definition) is 0. The van der Waals surface area contributed by atoms with E-state index in [0.29, 0.717) is 24.1 Å². The summed E-state index contributed by atoms with van der Waals surface area (Å²) in [5.41, 5.74) is 0. The molecule has 1 fully saturated rings. The van der Waals surface area contributed by atoms with Gasteiger partial charge in [0.15, 0.2) is 5.82 Å². The van der Waals surface area contributed by atoms with Crippen LogP contribution in [-0.4, -0.2) is 27.5 Å². The van der Waals surface area contributed by atoms with Crippen LogP contribution in [0.5, 0.6) is 0 Å². The molecule has 1 aromatic heterocycles. The van der Waals surface area contributed by atoms with E-state index in [1.165, 1.54) is 0 Å². The molecule has 1 aliphatic carbocycles. The van der Waals surface area contributed by atoms with Crippen LogP contribution in [0.25, 0.3) is 0 Å². The van der Waals surface area contributed by atoms with Gasteiger partial charge in [-0.3, -0.25) is 4.79 Å². The molecule has 0 N–H and O–H groups in total. The molecule has 0 bridgehead atoms. The molecular weight excluding hydrogens is 254 g/mol. The molecule has 1 amide bonds. The first-order valence-corrected chi connectivity index (χ1v) is 7.56. The Balaban J connectivity index is 1.68. The molecule has 20 heavy (non-hydrogen) atoms. The zero-order valence-corrected chi connectivity index (χ0v) is 11.9. The van der Waals surface area contributed by atoms with Crippen molar-refractivity contribution in [1.82, 2.24) is 15.0 Å². The number of carbonyl (C=O) groups is 1. The molecular formula is C15H21N3O2. The van der Waals surface area contributed by atoms with Crippen molar-refractivity contribution in [2.75, 3.05) is 6.54 Å². The Morgan fingerprint density at radius 1 is 1.50 bits per heavy atom. The summed E-state index contributed by atoms with van der Waals surface area (Å²) >= 11 is 0. The van der Waals surface area contributed by atoms with Crippen molar-refractivity contribution in [3.8, 4) is 0 Å². The van der Waals surface area contributed by atoms with Crippen LogP contribution in [0, 0.1) is 5.92 Å². The molecule has 5 nitrogen and oxygen atoms in total. The van der Waals surface area contributed by atoms with Crippen LogP contribution in [0.4, 0.5) is 0 Å². The molecule has 1 saturated heterocycles. The summed E-state index contributed by atoms with van der Waals surface area (Å²) in [6, 6.07) is 0.0110. The fraction of sp³-hybridized carbons (Fsp3) is 0.667. The van der Waals surface area contributed by atoms with Gasteiger partial charge in [-0.25, -0.2) is 0 Å². The van der Waals surface area contributed by atoms with Gasteiger partial charge in [0.2, 0.25) is 11.8 Å². The molecule has 1 aliphatic heterocycles. The maximum absolute atomic E-state index is 12.5. The minimum atomic E-state index is 0.0110. The lowest BCUT2D eigenvalue weighted by atomic mass is 10.0. The largest absolute Gasteiger partial charge is 0.339 e. The summed E-state index contributed by atoms with van der Waals surface area (Å²) < 4.78 is 5.18. The predicted octanol–water partition coefficient (Wildman–Crippen LogP) is 2.65. The van der Waals surface area contributed by atoms with Crippen LogP contribution in [0.15, 0.2) is 16.7 Å². The standard InChI is InChI=1S/C15H21N3O2/c1-2-13-16-15(17-20-13)12-8-5-9-18(12)14(19)10-11-6-3-4-7-11/h3,6,11-12H,2,4-5,7-10H2,1H3/t11-,12+/m1/s1. The van der Waals surface area contributed by atoms with Gasteiger partial charge >= 0.3 is 0 Å². The van der Waals surface area contributed by atoms with Crippen LogP contribution in [0.2, 0.25) is 0 Å². The van der Waals surface area contributed by atoms with E-state index in [1.54, 1.807) is 0 Å². The molecule has 108 valence electrons. The molecule has 3 rings (SSSR count). The van der Waals surface area contributed by atoms with Gasteiger partial charge in [-0.05, 0) is 31.6 Å². The number of likely N-dealkylation sites (tertiary alicyclic amines) is 1. The second-order valence-corrected chi connectivity index (χ2v) is 5.61. The van der Waals surface area contributed by atoms with Gasteiger partial charge in [0.1, 0.15) is 0 Å². The Morgan fingerprint density at radius 2 is 2.40 bits per heavy atom. The summed E-state index contributed by atoms with van der Waals surface area (Å²) in [5.74, 6) is 1.97. The highest BCUT2D eigenvalue weighted by Gasteiger charge is 2.33. The van der Waals surface area contributed by atoms with Gasteiger partial charge in [0.05, 0.1) is 6.04 Å². The second-order valence-electron chi connectivity index (χ2n) is 5.61. The minimum absolute atomic E-state index is 0.0110. The average Bonchev–Trinajstić information content (AvgIpc) is 3.19. The molecule has 0 unspecified atom stereocenters. The summed E-state index contributed by atoms with van der Waals surface area (Å²) in [4.78, 5) is 18.8. The van der Waals surface area contributed by atoms with Gasteiger partial charge in [-0.15, -0.1) is 0 Å². The van der Waals surface area contributed by atoms with Crippen LogP contribution in [-0.2, 0) is 11.2 Å². The van der Waals surface area contributed by atoms with E-state index in [9.17, 15) is 4.79 Å². The maximum atomic E-state index is 12.5. The molecule has 2 aliphatic rings. The van der Waals surface area contributed by atoms with E-state index in [0.717, 1.165) is 38.6 Å². The highest BCUT2D eigenvalue weighted by atomic mass is 16.5. The molecule has 2 atom stereocenters. The number of allylic oxidation sites excluding steroid dienone is 2. The monoisotopic (exact) mass is 275 g/mol. The molecule has 5 heteroatoms. The van der Waals surface area contributed by atoms with Gasteiger partial charge in [0, 0.05) is 19.4 Å². The highest BCUT2D eigenvalue weighted by molar-refractivity contribution is 5.77. The van der Waals surface area contributed by atoms with Crippen molar-refractivity contribution >= 4 is 5.91 Å². The van der Waals surface area contributed by atoms with E-state index in [4.69, 9.17) is 4.52 Å². The molecule has 2 heterocycles. The third-order valence-electron chi connectivity index (χ3n) is 4.21. The number of carbonyl (C=O) groups excluding carboxylic acids is 1. The first-order chi connectivity index (χ1) is 9.78. The Kier molecular flexibility index (Phi) is 3.85. The fourth-order valence-corrected chi connectivity index (χ4v) is 3.09. The van der Waals surface area contributed by atoms with Gasteiger partial charge in [0.25, 0.3) is 0 Å². The number of aryl methyl sites for hydroxylation is 1. The van der Waals surface area contributed by atoms with Crippen molar-refractivity contribution in [1.29, 1.82) is 0 Å². The normalized spacial score (nSPS) is 25.6. The van der Waals surface area contributed by atoms with Crippen LogP contribution >= 0.6 is 0 Å². The number of hydrogen-bond acceptors (Lipinski definition) is 4. The predicted molar refractivity (Wildman–Crippen MR) is 73.8 cm³/mol. The Hall–Kier alpha value is -1.65. The number of nitrogens with zero attached hydrogens (tertiary/aromatic N) is 3. The fourth-order valence-electron chi connectivity index (χ4n) is 3.09. The number of amides is 1. The van der Waals surface area contributed by atoms with Gasteiger partial charge in [-0.1, -0.05) is 24.2 Å². The van der Waals surface area contributed by atoms with Crippen molar-refractivity contribution in [2.24, 2.45) is 5.92 Å². The third kappa shape index (κ3) is 2.62. The molecule has 0 radical (unpaired) electrons. The van der Waals surface area contributed by atoms with Crippen molar-refractivity contribution in [3.05, 3.63) is 23.9 Å². The van der Waals surface area contributed by atoms with Crippen LogP contribution in [0.1, 0.15) is 56.8 Å². The summed E-state index contributed by atoms with van der Waals surface area (Å²) in [6.07, 6.45) is 9.87. The van der Waals surface area contributed by atoms with Crippen molar-refractivity contribution < 1.29 is 9.32 Å². The van der Waals surface area contributed by atoms with E-state index in [1.807, 2.05) is 11.8 Å². The lowest BCUT2D eigenvalue weighted by Gasteiger charge is -2.23. The quantitative estimate of drug-likeness (QED) is 0.793. The van der Waals surface area contributed by atoms with Gasteiger partial charge in [-0.2, -0.15) is 4.98 Å². The Bertz CT molecular complexity index is 509. The molecule has 1 aromatic rings. The minimum Gasteiger partial charge on any atom is -0.339 e. The van der Waals surface area contributed by atoms with Gasteiger partial charge < -0.3 is 9.42 Å². The molecule has 0 spiro atoms. The first kappa shape index (κ1) is 13.3. The van der Waals surface area contributed by atoms with E-state index < -0.39 is 0 Å². The zero-order chi connectivity index (χ0) is 13.9. The first-order valence-electron chi connectivity index (χ1n) is 7.56. The van der Waals surface area contributed by atoms with Crippen LogP contribution < -0.4 is 0 Å². The lowest BCUT2D eigenvalue weighted by molar-refractivity contribution is -0.133. The number of aromatic nitrogens is 2. The van der Waals surface area contributed by atoms with Crippen LogP contribution in [0.3, 0.4) is 0 Å². The van der Waals surface area contributed by atoms with E-state index in [-0.39, 0.29) is 11.9 Å². The zero-order valence-electron chi connectivity index (χ0n) is 11.9. The summed E-state index contributed by atoms with van der Waals surface area (Å²) in [5, 5.41) is 4.04. The summed E-state index contributed by atoms with van der Waals surface area (Å²) in [7, 11) is 0. The number of rotatable bonds is 4. The maximum Gasteiger partial charge on any atom is 0.226 e. The topological polar surface area (TPSA) is 59.2 Å². The van der Waals surface area contributed by atoms with Crippen molar-refractivity contribution in [2.45, 2.75) is 51.5 Å². The second kappa shape index (κ2) is 5.77. The average molecular weight is 275 g/mol. The lowest BCUT2D eigenvalue weighted by Crippen LogP contribution is -2.32. The smallest absolute Gasteiger partial charge is 0.226 e. The highest BCUT2D eigenvalue weighted by Crippen LogP contribution is 2.32. The molecule has 0 saturated carbocycles. The Morgan fingerprint density at radius 3 is 3.10 bits per heavy atom. The van der Waals surface area contributed by atoms with E-state index >= 15 is 0 Å².